The first-order valence-corrected chi connectivity index (χ1v) is 7.90. The number of hydrogen-bond acceptors (Lipinski definition) is 3. The molecule has 0 aromatic heterocycles. The molecule has 0 heterocycles. The van der Waals surface area contributed by atoms with E-state index in [0.29, 0.717) is 18.2 Å². The Morgan fingerprint density at radius 2 is 1.79 bits per heavy atom. The Kier molecular flexibility index (Phi) is 6.17. The van der Waals surface area contributed by atoms with Crippen molar-refractivity contribution >= 4 is 23.6 Å². The van der Waals surface area contributed by atoms with Crippen LogP contribution in [-0.4, -0.2) is 34.0 Å². The van der Waals surface area contributed by atoms with Crippen LogP contribution in [0.5, 0.6) is 0 Å². The van der Waals surface area contributed by atoms with Crippen molar-refractivity contribution in [3.8, 4) is 0 Å². The normalized spacial score (nSPS) is 23.9. The highest BCUT2D eigenvalue weighted by Gasteiger charge is 2.26. The summed E-state index contributed by atoms with van der Waals surface area (Å²) in [5.74, 6) is 0.167. The third-order valence-electron chi connectivity index (χ3n) is 3.42. The number of carboxylic acid groups (broad SMARTS) is 1. The minimum atomic E-state index is -0.677. The number of thioether (sulfide) groups is 1. The van der Waals surface area contributed by atoms with E-state index in [1.165, 1.54) is 0 Å². The Morgan fingerprint density at radius 1 is 1.21 bits per heavy atom. The summed E-state index contributed by atoms with van der Waals surface area (Å²) in [5, 5.41) is 11.9. The summed E-state index contributed by atoms with van der Waals surface area (Å²) in [6.07, 6.45) is 3.30. The second-order valence-electron chi connectivity index (χ2n) is 6.26. The fraction of sp³-hybridized carbons (Fsp3) is 0.857. The third-order valence-corrected chi connectivity index (χ3v) is 4.69. The number of rotatable bonds is 5. The second kappa shape index (κ2) is 7.17. The Bertz CT molecular complexity index is 317. The molecular weight excluding hydrogens is 262 g/mol. The van der Waals surface area contributed by atoms with Gasteiger partial charge in [-0.25, -0.2) is 0 Å². The van der Waals surface area contributed by atoms with E-state index >= 15 is 0 Å². The summed E-state index contributed by atoms with van der Waals surface area (Å²) >= 11 is 1.64. The smallest absolute Gasteiger partial charge is 0.306 e. The van der Waals surface area contributed by atoms with E-state index in [2.05, 4.69) is 26.1 Å². The zero-order chi connectivity index (χ0) is 14.5. The molecule has 110 valence electrons. The van der Waals surface area contributed by atoms with Gasteiger partial charge in [-0.05, 0) is 31.6 Å². The van der Waals surface area contributed by atoms with Crippen LogP contribution in [0.25, 0.3) is 0 Å². The maximum absolute atomic E-state index is 11.7. The van der Waals surface area contributed by atoms with Crippen LogP contribution in [0.4, 0.5) is 0 Å². The predicted molar refractivity (Wildman–Crippen MR) is 78.3 cm³/mol. The van der Waals surface area contributed by atoms with Gasteiger partial charge >= 0.3 is 5.97 Å². The third kappa shape index (κ3) is 6.85. The van der Waals surface area contributed by atoms with Crippen molar-refractivity contribution < 1.29 is 14.7 Å². The van der Waals surface area contributed by atoms with Crippen LogP contribution in [0.1, 0.15) is 46.5 Å². The van der Waals surface area contributed by atoms with Gasteiger partial charge < -0.3 is 10.4 Å². The fourth-order valence-corrected chi connectivity index (χ4v) is 2.87. The molecule has 0 spiro atoms. The Balaban J connectivity index is 2.17. The van der Waals surface area contributed by atoms with E-state index in [1.54, 1.807) is 11.8 Å². The van der Waals surface area contributed by atoms with E-state index < -0.39 is 5.97 Å². The lowest BCUT2D eigenvalue weighted by molar-refractivity contribution is -0.143. The minimum Gasteiger partial charge on any atom is -0.481 e. The molecule has 0 aliphatic heterocycles. The van der Waals surface area contributed by atoms with Gasteiger partial charge in [-0.15, -0.1) is 11.8 Å². The van der Waals surface area contributed by atoms with E-state index in [9.17, 15) is 9.59 Å². The van der Waals surface area contributed by atoms with Gasteiger partial charge in [-0.1, -0.05) is 20.8 Å². The zero-order valence-electron chi connectivity index (χ0n) is 12.1. The van der Waals surface area contributed by atoms with Gasteiger partial charge in [0.05, 0.1) is 11.7 Å². The molecule has 1 aliphatic carbocycles. The zero-order valence-corrected chi connectivity index (χ0v) is 12.9. The average molecular weight is 287 g/mol. The van der Waals surface area contributed by atoms with Gasteiger partial charge in [-0.2, -0.15) is 0 Å². The van der Waals surface area contributed by atoms with E-state index in [4.69, 9.17) is 5.11 Å². The summed E-state index contributed by atoms with van der Waals surface area (Å²) in [6.45, 7) is 6.98. The van der Waals surface area contributed by atoms with E-state index in [1.807, 2.05) is 0 Å². The Hall–Kier alpha value is -0.710. The first-order valence-electron chi connectivity index (χ1n) is 6.91. The van der Waals surface area contributed by atoms with Crippen LogP contribution in [0.2, 0.25) is 0 Å². The van der Waals surface area contributed by atoms with Crippen LogP contribution >= 0.6 is 11.8 Å². The van der Waals surface area contributed by atoms with Crippen LogP contribution in [0.15, 0.2) is 0 Å². The van der Waals surface area contributed by atoms with E-state index in [0.717, 1.165) is 25.7 Å². The predicted octanol–water partition coefficient (Wildman–Crippen LogP) is 2.53. The monoisotopic (exact) mass is 287 g/mol. The molecule has 0 aromatic carbocycles. The highest BCUT2D eigenvalue weighted by atomic mass is 32.2. The lowest BCUT2D eigenvalue weighted by Gasteiger charge is -2.26. The number of hydrogen-bond donors (Lipinski definition) is 2. The van der Waals surface area contributed by atoms with Crippen LogP contribution < -0.4 is 5.32 Å². The molecule has 0 bridgehead atoms. The molecule has 0 saturated heterocycles. The van der Waals surface area contributed by atoms with Gasteiger partial charge in [0.1, 0.15) is 0 Å². The van der Waals surface area contributed by atoms with Crippen molar-refractivity contribution in [1.29, 1.82) is 0 Å². The average Bonchev–Trinajstić information content (AvgIpc) is 2.33. The molecule has 0 unspecified atom stereocenters. The highest BCUT2D eigenvalue weighted by molar-refractivity contribution is 8.01. The number of carbonyl (C=O) groups is 2. The van der Waals surface area contributed by atoms with Gasteiger partial charge in [-0.3, -0.25) is 9.59 Å². The van der Waals surface area contributed by atoms with Crippen molar-refractivity contribution in [2.75, 3.05) is 12.3 Å². The molecule has 1 rings (SSSR count). The Morgan fingerprint density at radius 3 is 2.26 bits per heavy atom. The summed E-state index contributed by atoms with van der Waals surface area (Å²) in [6, 6.07) is 0. The van der Waals surface area contributed by atoms with Crippen LogP contribution in [0, 0.1) is 11.8 Å². The van der Waals surface area contributed by atoms with Crippen molar-refractivity contribution in [1.82, 2.24) is 5.32 Å². The maximum Gasteiger partial charge on any atom is 0.306 e. The van der Waals surface area contributed by atoms with Crippen molar-refractivity contribution in [2.45, 2.75) is 51.2 Å². The Labute approximate surface area is 119 Å². The van der Waals surface area contributed by atoms with E-state index in [-0.39, 0.29) is 16.6 Å². The number of carbonyl (C=O) groups excluding carboxylic acids is 1. The van der Waals surface area contributed by atoms with Crippen LogP contribution in [0.3, 0.4) is 0 Å². The van der Waals surface area contributed by atoms with Gasteiger partial charge in [0.25, 0.3) is 0 Å². The SMILES string of the molecule is CC(C)(C)SCC(=O)NCC1CCC(C(=O)O)CC1. The van der Waals surface area contributed by atoms with Gasteiger partial charge in [0.2, 0.25) is 5.91 Å². The number of aliphatic carboxylic acids is 1. The first-order chi connectivity index (χ1) is 8.78. The molecule has 1 fully saturated rings. The largest absolute Gasteiger partial charge is 0.481 e. The summed E-state index contributed by atoms with van der Waals surface area (Å²) in [5.41, 5.74) is 0. The molecule has 1 aliphatic rings. The maximum atomic E-state index is 11.7. The second-order valence-corrected chi connectivity index (χ2v) is 8.06. The standard InChI is InChI=1S/C14H25NO3S/c1-14(2,3)19-9-12(16)15-8-10-4-6-11(7-5-10)13(17)18/h10-11H,4-9H2,1-3H3,(H,15,16)(H,17,18). The van der Waals surface area contributed by atoms with Crippen molar-refractivity contribution in [2.24, 2.45) is 11.8 Å². The topological polar surface area (TPSA) is 66.4 Å². The molecule has 0 atom stereocenters. The van der Waals surface area contributed by atoms with Gasteiger partial charge in [0, 0.05) is 11.3 Å². The summed E-state index contributed by atoms with van der Waals surface area (Å²) in [7, 11) is 0. The molecular formula is C14H25NO3S. The molecule has 1 amide bonds. The molecule has 5 heteroatoms. The molecule has 4 nitrogen and oxygen atoms in total. The number of nitrogens with one attached hydrogen (secondary N) is 1. The molecule has 2 N–H and O–H groups in total. The van der Waals surface area contributed by atoms with Crippen molar-refractivity contribution in [3.05, 3.63) is 0 Å². The molecule has 19 heavy (non-hydrogen) atoms. The fourth-order valence-electron chi connectivity index (χ4n) is 2.20. The van der Waals surface area contributed by atoms with Gasteiger partial charge in [0.15, 0.2) is 0 Å². The molecule has 1 saturated carbocycles. The molecule has 0 aromatic rings. The van der Waals surface area contributed by atoms with Crippen LogP contribution in [-0.2, 0) is 9.59 Å². The van der Waals surface area contributed by atoms with Crippen molar-refractivity contribution in [3.63, 3.8) is 0 Å². The number of amides is 1. The lowest BCUT2D eigenvalue weighted by atomic mass is 9.82. The molecule has 0 radical (unpaired) electrons. The highest BCUT2D eigenvalue weighted by Crippen LogP contribution is 2.28. The lowest BCUT2D eigenvalue weighted by Crippen LogP contribution is -2.34. The minimum absolute atomic E-state index is 0.0836. The number of carboxylic acids is 1. The quantitative estimate of drug-likeness (QED) is 0.815. The summed E-state index contributed by atoms with van der Waals surface area (Å²) in [4.78, 5) is 22.5. The first kappa shape index (κ1) is 16.3. The summed E-state index contributed by atoms with van der Waals surface area (Å²) < 4.78 is 0.108.